The van der Waals surface area contributed by atoms with Crippen molar-refractivity contribution in [2.24, 2.45) is 7.05 Å². The Labute approximate surface area is 168 Å². The van der Waals surface area contributed by atoms with Gasteiger partial charge in [0.05, 0.1) is 18.3 Å². The van der Waals surface area contributed by atoms with Gasteiger partial charge in [0.15, 0.2) is 0 Å². The Morgan fingerprint density at radius 1 is 1.29 bits per heavy atom. The molecule has 1 aromatic carbocycles. The minimum Gasteiger partial charge on any atom is -0.493 e. The summed E-state index contributed by atoms with van der Waals surface area (Å²) in [5, 5.41) is 8.09. The van der Waals surface area contributed by atoms with Crippen LogP contribution < -0.4 is 10.1 Å². The number of carbonyl (C=O) groups is 1. The molecule has 0 aliphatic carbocycles. The Balaban J connectivity index is 1.63. The number of nitrogens with zero attached hydrogens (tertiary/aromatic N) is 3. The lowest BCUT2D eigenvalue weighted by molar-refractivity contribution is 0.0920. The molecule has 2 aromatic heterocycles. The van der Waals surface area contributed by atoms with E-state index in [0.717, 1.165) is 33.7 Å². The van der Waals surface area contributed by atoms with E-state index in [-0.39, 0.29) is 11.9 Å². The average molecular weight is 397 g/mol. The first-order valence-corrected chi connectivity index (χ1v) is 9.50. The first-order chi connectivity index (χ1) is 13.4. The molecular formula is C21H21ClN4O2. The number of aromatic nitrogens is 3. The van der Waals surface area contributed by atoms with Gasteiger partial charge in [0.2, 0.25) is 0 Å². The van der Waals surface area contributed by atoms with E-state index in [9.17, 15) is 4.79 Å². The van der Waals surface area contributed by atoms with Crippen molar-refractivity contribution >= 4 is 17.5 Å². The van der Waals surface area contributed by atoms with Crippen molar-refractivity contribution in [1.82, 2.24) is 20.1 Å². The van der Waals surface area contributed by atoms with Gasteiger partial charge in [-0.05, 0) is 49.2 Å². The fraction of sp³-hybridized carbons (Fsp3) is 0.286. The van der Waals surface area contributed by atoms with Crippen LogP contribution in [0.3, 0.4) is 0 Å². The number of pyridine rings is 1. The zero-order valence-corrected chi connectivity index (χ0v) is 16.7. The van der Waals surface area contributed by atoms with E-state index in [0.29, 0.717) is 23.7 Å². The van der Waals surface area contributed by atoms with Gasteiger partial charge in [-0.1, -0.05) is 11.6 Å². The van der Waals surface area contributed by atoms with Crippen LogP contribution >= 0.6 is 11.6 Å². The van der Waals surface area contributed by atoms with Crippen molar-refractivity contribution in [3.05, 3.63) is 64.2 Å². The Bertz CT molecular complexity index is 1060. The molecule has 0 saturated carbocycles. The van der Waals surface area contributed by atoms with E-state index in [1.165, 1.54) is 0 Å². The number of benzene rings is 1. The number of aryl methyl sites for hydroxylation is 3. The molecule has 28 heavy (non-hydrogen) atoms. The maximum Gasteiger partial charge on any atom is 0.270 e. The monoisotopic (exact) mass is 396 g/mol. The van der Waals surface area contributed by atoms with Gasteiger partial charge in [-0.15, -0.1) is 0 Å². The largest absolute Gasteiger partial charge is 0.493 e. The molecule has 0 spiro atoms. The summed E-state index contributed by atoms with van der Waals surface area (Å²) in [4.78, 5) is 17.3. The van der Waals surface area contributed by atoms with E-state index in [1.807, 2.05) is 45.3 Å². The Kier molecular flexibility index (Phi) is 4.81. The highest BCUT2D eigenvalue weighted by Crippen LogP contribution is 2.34. The molecule has 1 amide bonds. The summed E-state index contributed by atoms with van der Waals surface area (Å²) in [5.41, 5.74) is 5.13. The SMILES string of the molecule is Cc1cnc(C(=O)NC2CCOc3ccc(Cl)cc32)cc1-c1cn(C)nc1C. The van der Waals surface area contributed by atoms with Crippen LogP contribution in [0.25, 0.3) is 11.1 Å². The molecule has 0 radical (unpaired) electrons. The highest BCUT2D eigenvalue weighted by Gasteiger charge is 2.24. The second-order valence-electron chi connectivity index (χ2n) is 7.03. The molecule has 0 fully saturated rings. The van der Waals surface area contributed by atoms with Crippen LogP contribution in [-0.4, -0.2) is 27.3 Å². The van der Waals surface area contributed by atoms with Crippen molar-refractivity contribution in [2.45, 2.75) is 26.3 Å². The molecule has 6 nitrogen and oxygen atoms in total. The molecule has 1 aliphatic rings. The molecule has 1 N–H and O–H groups in total. The van der Waals surface area contributed by atoms with Crippen LogP contribution in [0.5, 0.6) is 5.75 Å². The summed E-state index contributed by atoms with van der Waals surface area (Å²) >= 11 is 6.13. The van der Waals surface area contributed by atoms with Crippen molar-refractivity contribution in [3.63, 3.8) is 0 Å². The van der Waals surface area contributed by atoms with Gasteiger partial charge in [-0.3, -0.25) is 14.5 Å². The highest BCUT2D eigenvalue weighted by molar-refractivity contribution is 6.30. The maximum atomic E-state index is 12.9. The first kappa shape index (κ1) is 18.5. The van der Waals surface area contributed by atoms with E-state index in [2.05, 4.69) is 15.4 Å². The normalized spacial score (nSPS) is 15.6. The Morgan fingerprint density at radius 3 is 2.86 bits per heavy atom. The average Bonchev–Trinajstić information content (AvgIpc) is 3.00. The van der Waals surface area contributed by atoms with Gasteiger partial charge in [-0.25, -0.2) is 0 Å². The van der Waals surface area contributed by atoms with Gasteiger partial charge >= 0.3 is 0 Å². The van der Waals surface area contributed by atoms with Crippen molar-refractivity contribution < 1.29 is 9.53 Å². The minimum absolute atomic E-state index is 0.165. The summed E-state index contributed by atoms with van der Waals surface area (Å²) < 4.78 is 7.44. The molecule has 7 heteroatoms. The lowest BCUT2D eigenvalue weighted by atomic mass is 9.99. The topological polar surface area (TPSA) is 69.0 Å². The molecule has 3 heterocycles. The zero-order chi connectivity index (χ0) is 19.8. The van der Waals surface area contributed by atoms with Gasteiger partial charge in [0, 0.05) is 42.0 Å². The number of carbonyl (C=O) groups excluding carboxylic acids is 1. The summed E-state index contributed by atoms with van der Waals surface area (Å²) in [5.74, 6) is 0.533. The molecule has 1 unspecified atom stereocenters. The van der Waals surface area contributed by atoms with Gasteiger partial charge < -0.3 is 10.1 Å². The number of ether oxygens (including phenoxy) is 1. The standard InChI is InChI=1S/C21H21ClN4O2/c1-12-10-23-19(9-15(12)17-11-26(3)25-13(17)2)21(27)24-18-6-7-28-20-5-4-14(22)8-16(18)20/h4-5,8-11,18H,6-7H2,1-3H3,(H,24,27). The van der Waals surface area contributed by atoms with Crippen molar-refractivity contribution in [1.29, 1.82) is 0 Å². The van der Waals surface area contributed by atoms with Gasteiger partial charge in [0.25, 0.3) is 5.91 Å². The van der Waals surface area contributed by atoms with E-state index in [4.69, 9.17) is 16.3 Å². The van der Waals surface area contributed by atoms with Gasteiger partial charge in [-0.2, -0.15) is 5.10 Å². The fourth-order valence-electron chi connectivity index (χ4n) is 3.55. The smallest absolute Gasteiger partial charge is 0.270 e. The molecule has 1 aliphatic heterocycles. The highest BCUT2D eigenvalue weighted by atomic mass is 35.5. The van der Waals surface area contributed by atoms with Gasteiger partial charge in [0.1, 0.15) is 11.4 Å². The van der Waals surface area contributed by atoms with E-state index >= 15 is 0 Å². The van der Waals surface area contributed by atoms with Crippen molar-refractivity contribution in [3.8, 4) is 16.9 Å². The second-order valence-corrected chi connectivity index (χ2v) is 7.47. The molecular weight excluding hydrogens is 376 g/mol. The number of halogens is 1. The summed E-state index contributed by atoms with van der Waals surface area (Å²) in [7, 11) is 1.88. The van der Waals surface area contributed by atoms with Crippen LogP contribution in [-0.2, 0) is 7.05 Å². The third-order valence-electron chi connectivity index (χ3n) is 4.96. The molecule has 144 valence electrons. The molecule has 3 aromatic rings. The van der Waals surface area contributed by atoms with Crippen LogP contribution in [0.2, 0.25) is 5.02 Å². The van der Waals surface area contributed by atoms with Crippen LogP contribution in [0, 0.1) is 13.8 Å². The number of rotatable bonds is 3. The predicted molar refractivity (Wildman–Crippen MR) is 108 cm³/mol. The van der Waals surface area contributed by atoms with Crippen LogP contribution in [0.15, 0.2) is 36.7 Å². The number of fused-ring (bicyclic) bond motifs is 1. The van der Waals surface area contributed by atoms with Crippen LogP contribution in [0.4, 0.5) is 0 Å². The lowest BCUT2D eigenvalue weighted by Crippen LogP contribution is -2.32. The van der Waals surface area contributed by atoms with E-state index < -0.39 is 0 Å². The fourth-order valence-corrected chi connectivity index (χ4v) is 3.73. The summed E-state index contributed by atoms with van der Waals surface area (Å²) in [6.07, 6.45) is 4.36. The maximum absolute atomic E-state index is 12.9. The number of nitrogens with one attached hydrogen (secondary N) is 1. The quantitative estimate of drug-likeness (QED) is 0.726. The van der Waals surface area contributed by atoms with Crippen molar-refractivity contribution in [2.75, 3.05) is 6.61 Å². The third-order valence-corrected chi connectivity index (χ3v) is 5.19. The lowest BCUT2D eigenvalue weighted by Gasteiger charge is -2.26. The minimum atomic E-state index is -0.222. The first-order valence-electron chi connectivity index (χ1n) is 9.13. The Morgan fingerprint density at radius 2 is 2.11 bits per heavy atom. The predicted octanol–water partition coefficient (Wildman–Crippen LogP) is 4.01. The van der Waals surface area contributed by atoms with Crippen LogP contribution in [0.1, 0.15) is 39.8 Å². The number of hydrogen-bond acceptors (Lipinski definition) is 4. The molecule has 0 bridgehead atoms. The summed E-state index contributed by atoms with van der Waals surface area (Å²) in [6.45, 7) is 4.48. The third kappa shape index (κ3) is 3.47. The molecule has 0 saturated heterocycles. The zero-order valence-electron chi connectivity index (χ0n) is 16.0. The van der Waals surface area contributed by atoms with E-state index in [1.54, 1.807) is 16.9 Å². The number of hydrogen-bond donors (Lipinski definition) is 1. The number of amides is 1. The molecule has 1 atom stereocenters. The second kappa shape index (κ2) is 7.28. The Hall–Kier alpha value is -2.86. The summed E-state index contributed by atoms with van der Waals surface area (Å²) in [6, 6.07) is 7.13. The molecule has 4 rings (SSSR count).